The van der Waals surface area contributed by atoms with E-state index in [1.165, 1.54) is 18.1 Å². The van der Waals surface area contributed by atoms with Crippen molar-refractivity contribution in [3.8, 4) is 6.07 Å². The molecule has 0 aromatic rings. The number of nitrogens with zero attached hydrogens (tertiary/aromatic N) is 4. The molecule has 0 aliphatic carbocycles. The molecule has 24 heavy (non-hydrogen) atoms. The first-order valence-corrected chi connectivity index (χ1v) is 7.94. The lowest BCUT2D eigenvalue weighted by Crippen LogP contribution is -2.51. The van der Waals surface area contributed by atoms with Crippen LogP contribution in [0.25, 0.3) is 0 Å². The summed E-state index contributed by atoms with van der Waals surface area (Å²) in [6.07, 6.45) is 1.59. The smallest absolute Gasteiger partial charge is 0.252 e. The van der Waals surface area contributed by atoms with Crippen molar-refractivity contribution in [2.24, 2.45) is 10.4 Å². The summed E-state index contributed by atoms with van der Waals surface area (Å²) >= 11 is 0. The Hall–Kier alpha value is -2.07. The van der Waals surface area contributed by atoms with Gasteiger partial charge in [-0.05, 0) is 37.8 Å². The number of hydrogen-bond acceptors (Lipinski definition) is 4. The molecule has 7 heteroatoms. The summed E-state index contributed by atoms with van der Waals surface area (Å²) in [6, 6.07) is 1.60. The van der Waals surface area contributed by atoms with Crippen LogP contribution in [0.1, 0.15) is 26.2 Å². The molecule has 1 amide bonds. The third-order valence-corrected chi connectivity index (χ3v) is 4.72. The van der Waals surface area contributed by atoms with Crippen molar-refractivity contribution in [1.29, 1.82) is 5.26 Å². The number of halogens is 2. The quantitative estimate of drug-likeness (QED) is 0.450. The first kappa shape index (κ1) is 18.3. The third-order valence-electron chi connectivity index (χ3n) is 4.72. The van der Waals surface area contributed by atoms with E-state index in [2.05, 4.69) is 11.6 Å². The van der Waals surface area contributed by atoms with Crippen molar-refractivity contribution in [3.63, 3.8) is 0 Å². The molecule has 2 fully saturated rings. The second-order valence-electron chi connectivity index (χ2n) is 6.40. The van der Waals surface area contributed by atoms with Gasteiger partial charge in [0.25, 0.3) is 6.43 Å². The average molecular weight is 336 g/mol. The molecule has 0 saturated carbocycles. The van der Waals surface area contributed by atoms with E-state index in [0.717, 1.165) is 0 Å². The first-order chi connectivity index (χ1) is 11.3. The standard InChI is InChI=1S/C17H22F2N4O/c1-12(9-13(10-20)11-21-3)14-5-8-22-7-4-6-17(2,15(18)19)16(24)23(14)22/h9,11,14-15H,1,4-8H2,2-3H3/b13-9-,21-11-/t14-,17?/m0/s1. The second kappa shape index (κ2) is 7.22. The van der Waals surface area contributed by atoms with Crippen molar-refractivity contribution in [2.75, 3.05) is 20.1 Å². The average Bonchev–Trinajstić information content (AvgIpc) is 2.91. The zero-order valence-corrected chi connectivity index (χ0v) is 14.0. The molecule has 2 heterocycles. The largest absolute Gasteiger partial charge is 0.295 e. The maximum atomic E-state index is 13.5. The lowest BCUT2D eigenvalue weighted by atomic mass is 9.84. The van der Waals surface area contributed by atoms with E-state index in [0.29, 0.717) is 37.1 Å². The maximum absolute atomic E-state index is 13.5. The van der Waals surface area contributed by atoms with Crippen LogP contribution in [0.15, 0.2) is 28.8 Å². The van der Waals surface area contributed by atoms with E-state index in [9.17, 15) is 13.6 Å². The maximum Gasteiger partial charge on any atom is 0.252 e. The van der Waals surface area contributed by atoms with Gasteiger partial charge in [0.05, 0.1) is 11.6 Å². The molecule has 0 aromatic heterocycles. The minimum atomic E-state index is -2.71. The van der Waals surface area contributed by atoms with Gasteiger partial charge in [-0.1, -0.05) is 6.58 Å². The highest BCUT2D eigenvalue weighted by molar-refractivity contribution is 5.85. The molecular weight excluding hydrogens is 314 g/mol. The first-order valence-electron chi connectivity index (χ1n) is 7.94. The predicted molar refractivity (Wildman–Crippen MR) is 87.4 cm³/mol. The zero-order chi connectivity index (χ0) is 17.9. The number of hydrazine groups is 1. The molecule has 2 atom stereocenters. The van der Waals surface area contributed by atoms with Crippen LogP contribution in [0, 0.1) is 16.7 Å². The molecule has 0 radical (unpaired) electrons. The van der Waals surface area contributed by atoms with Gasteiger partial charge in [0.2, 0.25) is 5.91 Å². The monoisotopic (exact) mass is 336 g/mol. The lowest BCUT2D eigenvalue weighted by molar-refractivity contribution is -0.162. The second-order valence-corrected chi connectivity index (χ2v) is 6.40. The molecule has 0 bridgehead atoms. The van der Waals surface area contributed by atoms with Crippen molar-refractivity contribution < 1.29 is 13.6 Å². The Morgan fingerprint density at radius 2 is 2.25 bits per heavy atom. The van der Waals surface area contributed by atoms with E-state index >= 15 is 0 Å². The number of nitriles is 1. The van der Waals surface area contributed by atoms with Gasteiger partial charge in [0.15, 0.2) is 0 Å². The normalized spacial score (nSPS) is 29.0. The SMILES string of the molecule is C=C(/C=C(C#N)\C=N/C)[C@@H]1CCN2CCCC(C)(C(F)F)C(=O)N12. The number of fused-ring (bicyclic) bond motifs is 1. The molecule has 2 aliphatic heterocycles. The van der Waals surface area contributed by atoms with Crippen LogP contribution >= 0.6 is 0 Å². The van der Waals surface area contributed by atoms with Crippen molar-refractivity contribution in [3.05, 3.63) is 23.8 Å². The Morgan fingerprint density at radius 3 is 2.83 bits per heavy atom. The summed E-state index contributed by atoms with van der Waals surface area (Å²) in [7, 11) is 1.55. The van der Waals surface area contributed by atoms with E-state index in [-0.39, 0.29) is 6.42 Å². The van der Waals surface area contributed by atoms with Crippen LogP contribution in [0.3, 0.4) is 0 Å². The highest BCUT2D eigenvalue weighted by Crippen LogP contribution is 2.40. The van der Waals surface area contributed by atoms with Gasteiger partial charge in [-0.25, -0.2) is 13.8 Å². The molecule has 2 saturated heterocycles. The fourth-order valence-electron chi connectivity index (χ4n) is 3.26. The molecule has 0 spiro atoms. The van der Waals surface area contributed by atoms with Gasteiger partial charge in [-0.3, -0.25) is 14.8 Å². The summed E-state index contributed by atoms with van der Waals surface area (Å²) in [5.74, 6) is -0.560. The summed E-state index contributed by atoms with van der Waals surface area (Å²) in [5.41, 5.74) is -0.801. The molecule has 1 unspecified atom stereocenters. The number of allylic oxidation sites excluding steroid dienone is 1. The number of alkyl halides is 2. The number of rotatable bonds is 4. The Kier molecular flexibility index (Phi) is 5.50. The number of carbonyl (C=O) groups is 1. The fourth-order valence-corrected chi connectivity index (χ4v) is 3.26. The van der Waals surface area contributed by atoms with Crippen LogP contribution in [-0.4, -0.2) is 54.7 Å². The van der Waals surface area contributed by atoms with Gasteiger partial charge < -0.3 is 0 Å². The summed E-state index contributed by atoms with van der Waals surface area (Å²) in [6.45, 7) is 6.48. The molecule has 0 aromatic carbocycles. The van der Waals surface area contributed by atoms with Crippen molar-refractivity contribution in [2.45, 2.75) is 38.7 Å². The van der Waals surface area contributed by atoms with Crippen LogP contribution in [0.2, 0.25) is 0 Å². The Bertz CT molecular complexity index is 623. The van der Waals surface area contributed by atoms with Gasteiger partial charge in [0.1, 0.15) is 11.5 Å². The number of amides is 1. The van der Waals surface area contributed by atoms with E-state index in [4.69, 9.17) is 5.26 Å². The molecule has 2 aliphatic rings. The number of aliphatic imine (C=N–C) groups is 1. The topological polar surface area (TPSA) is 59.7 Å². The van der Waals surface area contributed by atoms with Crippen LogP contribution in [-0.2, 0) is 4.79 Å². The summed E-state index contributed by atoms with van der Waals surface area (Å²) in [5, 5.41) is 12.4. The number of carbonyl (C=O) groups excluding carboxylic acids is 1. The summed E-state index contributed by atoms with van der Waals surface area (Å²) in [4.78, 5) is 16.6. The Labute approximate surface area is 140 Å². The lowest BCUT2D eigenvalue weighted by Gasteiger charge is -2.36. The molecule has 2 rings (SSSR count). The summed E-state index contributed by atoms with van der Waals surface area (Å²) < 4.78 is 27.1. The Morgan fingerprint density at radius 1 is 1.54 bits per heavy atom. The molecular formula is C17H22F2N4O. The number of hydrogen-bond donors (Lipinski definition) is 0. The van der Waals surface area contributed by atoms with Gasteiger partial charge >= 0.3 is 0 Å². The van der Waals surface area contributed by atoms with Crippen molar-refractivity contribution >= 4 is 12.1 Å². The Balaban J connectivity index is 2.32. The molecule has 0 N–H and O–H groups in total. The van der Waals surface area contributed by atoms with E-state index in [1.54, 1.807) is 13.1 Å². The minimum Gasteiger partial charge on any atom is -0.295 e. The van der Waals surface area contributed by atoms with Gasteiger partial charge in [-0.2, -0.15) is 5.26 Å². The van der Waals surface area contributed by atoms with Gasteiger partial charge in [-0.15, -0.1) is 0 Å². The molecule has 5 nitrogen and oxygen atoms in total. The van der Waals surface area contributed by atoms with Gasteiger partial charge in [0, 0.05) is 26.4 Å². The highest BCUT2D eigenvalue weighted by atomic mass is 19.3. The molecule has 130 valence electrons. The highest BCUT2D eigenvalue weighted by Gasteiger charge is 2.51. The zero-order valence-electron chi connectivity index (χ0n) is 14.0. The van der Waals surface area contributed by atoms with Crippen LogP contribution in [0.5, 0.6) is 0 Å². The van der Waals surface area contributed by atoms with Crippen LogP contribution in [0.4, 0.5) is 8.78 Å². The van der Waals surface area contributed by atoms with Crippen molar-refractivity contribution in [1.82, 2.24) is 10.0 Å². The van der Waals surface area contributed by atoms with E-state index < -0.39 is 23.8 Å². The van der Waals surface area contributed by atoms with E-state index in [1.807, 2.05) is 11.1 Å². The minimum absolute atomic E-state index is 0.164. The van der Waals surface area contributed by atoms with Crippen LogP contribution < -0.4 is 0 Å². The third kappa shape index (κ3) is 3.24. The predicted octanol–water partition coefficient (Wildman–Crippen LogP) is 2.58. The fraction of sp³-hybridized carbons (Fsp3) is 0.588.